The summed E-state index contributed by atoms with van der Waals surface area (Å²) in [5.41, 5.74) is 1.80. The second kappa shape index (κ2) is 8.09. The van der Waals surface area contributed by atoms with Gasteiger partial charge in [0.25, 0.3) is 0 Å². The van der Waals surface area contributed by atoms with Gasteiger partial charge in [-0.3, -0.25) is 9.36 Å². The number of anilines is 2. The Labute approximate surface area is 180 Å². The van der Waals surface area contributed by atoms with Gasteiger partial charge in [-0.1, -0.05) is 0 Å². The van der Waals surface area contributed by atoms with Gasteiger partial charge in [0.2, 0.25) is 5.91 Å². The third-order valence-corrected chi connectivity index (χ3v) is 6.39. The largest absolute Gasteiger partial charge is 0.356 e. The Balaban J connectivity index is 1.29. The summed E-state index contributed by atoms with van der Waals surface area (Å²) in [5, 5.41) is 0. The Bertz CT molecular complexity index is 1080. The number of hydrogen-bond acceptors (Lipinski definition) is 5. The fourth-order valence-corrected chi connectivity index (χ4v) is 4.65. The number of halogens is 1. The maximum absolute atomic E-state index is 13.7. The van der Waals surface area contributed by atoms with Crippen molar-refractivity contribution in [1.82, 2.24) is 19.5 Å². The topological polar surface area (TPSA) is 67.2 Å². The number of carbonyl (C=O) groups excluding carboxylic acids is 1. The van der Waals surface area contributed by atoms with Gasteiger partial charge in [-0.15, -0.1) is 0 Å². The molecular weight excluding hydrogens is 395 g/mol. The molecule has 3 aromatic rings. The van der Waals surface area contributed by atoms with Crippen LogP contribution in [0.2, 0.25) is 0 Å². The van der Waals surface area contributed by atoms with E-state index in [1.54, 1.807) is 31.0 Å². The number of aryl methyl sites for hydroxylation is 1. The van der Waals surface area contributed by atoms with E-state index in [2.05, 4.69) is 26.8 Å². The lowest BCUT2D eigenvalue weighted by Crippen LogP contribution is -2.48. The lowest BCUT2D eigenvalue weighted by atomic mass is 9.90. The van der Waals surface area contributed by atoms with E-state index in [1.807, 2.05) is 21.7 Å². The lowest BCUT2D eigenvalue weighted by molar-refractivity contribution is -0.123. The number of nitrogens with zero attached hydrogens (tertiary/aromatic N) is 6. The van der Waals surface area contributed by atoms with Crippen LogP contribution in [0.25, 0.3) is 5.82 Å². The van der Waals surface area contributed by atoms with Gasteiger partial charge >= 0.3 is 0 Å². The number of amides is 1. The Morgan fingerprint density at radius 2 is 1.90 bits per heavy atom. The maximum Gasteiger partial charge on any atom is 0.230 e. The molecule has 1 unspecified atom stereocenters. The molecule has 0 bridgehead atoms. The van der Waals surface area contributed by atoms with Crippen LogP contribution in [0.5, 0.6) is 0 Å². The number of aromatic nitrogens is 4. The third-order valence-electron chi connectivity index (χ3n) is 6.39. The van der Waals surface area contributed by atoms with Crippen molar-refractivity contribution in [2.24, 2.45) is 5.92 Å². The fourth-order valence-electron chi connectivity index (χ4n) is 4.65. The molecule has 0 aliphatic carbocycles. The van der Waals surface area contributed by atoms with Crippen LogP contribution in [0.15, 0.2) is 49.3 Å². The van der Waals surface area contributed by atoms with Gasteiger partial charge in [0.15, 0.2) is 0 Å². The van der Waals surface area contributed by atoms with E-state index >= 15 is 0 Å². The van der Waals surface area contributed by atoms with E-state index in [0.29, 0.717) is 0 Å². The van der Waals surface area contributed by atoms with Gasteiger partial charge in [0.05, 0.1) is 0 Å². The highest BCUT2D eigenvalue weighted by molar-refractivity contribution is 5.97. The minimum atomic E-state index is -0.242. The molecule has 160 valence electrons. The Kier molecular flexibility index (Phi) is 5.13. The predicted octanol–water partition coefficient (Wildman–Crippen LogP) is 3.39. The minimum absolute atomic E-state index is 0.0374. The molecule has 1 atom stereocenters. The highest BCUT2D eigenvalue weighted by Crippen LogP contribution is 2.34. The monoisotopic (exact) mass is 420 g/mol. The number of benzene rings is 1. The van der Waals surface area contributed by atoms with Gasteiger partial charge in [-0.2, -0.15) is 0 Å². The minimum Gasteiger partial charge on any atom is -0.356 e. The van der Waals surface area contributed by atoms with Crippen molar-refractivity contribution in [3.63, 3.8) is 0 Å². The van der Waals surface area contributed by atoms with Crippen LogP contribution >= 0.6 is 0 Å². The first-order chi connectivity index (χ1) is 15.1. The Morgan fingerprint density at radius 3 is 2.68 bits per heavy atom. The van der Waals surface area contributed by atoms with Crippen molar-refractivity contribution in [2.45, 2.75) is 38.6 Å². The van der Waals surface area contributed by atoms with Crippen LogP contribution < -0.4 is 9.80 Å². The van der Waals surface area contributed by atoms with Gasteiger partial charge in [-0.25, -0.2) is 19.3 Å². The van der Waals surface area contributed by atoms with E-state index in [0.717, 1.165) is 61.7 Å². The summed E-state index contributed by atoms with van der Waals surface area (Å²) in [6.45, 7) is 3.60. The highest BCUT2D eigenvalue weighted by atomic mass is 19.1. The van der Waals surface area contributed by atoms with Crippen molar-refractivity contribution in [3.05, 3.63) is 60.7 Å². The first-order valence-corrected chi connectivity index (χ1v) is 10.8. The van der Waals surface area contributed by atoms with Crippen LogP contribution in [0.1, 0.15) is 31.7 Å². The first kappa shape index (κ1) is 19.7. The van der Waals surface area contributed by atoms with Crippen molar-refractivity contribution >= 4 is 17.4 Å². The first-order valence-electron chi connectivity index (χ1n) is 10.8. The molecule has 0 N–H and O–H groups in total. The lowest BCUT2D eigenvalue weighted by Gasteiger charge is -2.40. The zero-order chi connectivity index (χ0) is 21.4. The van der Waals surface area contributed by atoms with Crippen LogP contribution in [0.4, 0.5) is 15.9 Å². The van der Waals surface area contributed by atoms with Gasteiger partial charge in [0.1, 0.15) is 30.1 Å². The smallest absolute Gasteiger partial charge is 0.230 e. The van der Waals surface area contributed by atoms with Crippen molar-refractivity contribution in [1.29, 1.82) is 0 Å². The Hall–Kier alpha value is -3.29. The quantitative estimate of drug-likeness (QED) is 0.650. The normalized spacial score (nSPS) is 19.4. The SMILES string of the molecule is CC1CCc2cc(F)ccc2N1C(=O)C1CCN(c2cc(-n3ccnc3)ncn2)CC1. The molecule has 7 nitrogen and oxygen atoms in total. The van der Waals surface area contributed by atoms with Crippen molar-refractivity contribution in [2.75, 3.05) is 22.9 Å². The van der Waals surface area contributed by atoms with E-state index in [-0.39, 0.29) is 23.7 Å². The average Bonchev–Trinajstić information content (AvgIpc) is 3.34. The van der Waals surface area contributed by atoms with Crippen LogP contribution in [-0.2, 0) is 11.2 Å². The molecule has 1 amide bonds. The number of piperidine rings is 1. The van der Waals surface area contributed by atoms with E-state index < -0.39 is 0 Å². The standard InChI is InChI=1S/C23H25FN6O/c1-16-2-3-18-12-19(24)4-5-20(18)30(16)23(31)17-6-9-28(10-7-17)21-13-22(27-14-26-21)29-11-8-25-15-29/h4-5,8,11-17H,2-3,6-7,9-10H2,1H3. The molecule has 0 saturated carbocycles. The van der Waals surface area contributed by atoms with Crippen LogP contribution in [0, 0.1) is 11.7 Å². The van der Waals surface area contributed by atoms with Gasteiger partial charge in [0, 0.05) is 49.2 Å². The molecule has 1 saturated heterocycles. The molecule has 2 aromatic heterocycles. The molecule has 2 aliphatic heterocycles. The van der Waals surface area contributed by atoms with Crippen molar-refractivity contribution < 1.29 is 9.18 Å². The molecule has 1 aromatic carbocycles. The molecular formula is C23H25FN6O. The predicted molar refractivity (Wildman–Crippen MR) is 116 cm³/mol. The molecule has 31 heavy (non-hydrogen) atoms. The second-order valence-corrected chi connectivity index (χ2v) is 8.33. The van der Waals surface area contributed by atoms with Gasteiger partial charge < -0.3 is 9.80 Å². The highest BCUT2D eigenvalue weighted by Gasteiger charge is 2.34. The third kappa shape index (κ3) is 3.78. The molecule has 4 heterocycles. The van der Waals surface area contributed by atoms with E-state index in [1.165, 1.54) is 6.07 Å². The van der Waals surface area contributed by atoms with Crippen LogP contribution in [0.3, 0.4) is 0 Å². The molecule has 0 spiro atoms. The second-order valence-electron chi connectivity index (χ2n) is 8.33. The summed E-state index contributed by atoms with van der Waals surface area (Å²) in [6, 6.07) is 6.85. The summed E-state index contributed by atoms with van der Waals surface area (Å²) in [5.74, 6) is 1.50. The number of rotatable bonds is 3. The summed E-state index contributed by atoms with van der Waals surface area (Å²) in [4.78, 5) is 30.4. The molecule has 1 fully saturated rings. The van der Waals surface area contributed by atoms with Crippen molar-refractivity contribution in [3.8, 4) is 5.82 Å². The summed E-state index contributed by atoms with van der Waals surface area (Å²) >= 11 is 0. The molecule has 2 aliphatic rings. The zero-order valence-corrected chi connectivity index (χ0v) is 17.5. The maximum atomic E-state index is 13.7. The molecule has 5 rings (SSSR count). The van der Waals surface area contributed by atoms with Crippen LogP contribution in [-0.4, -0.2) is 44.6 Å². The number of fused-ring (bicyclic) bond motifs is 1. The number of hydrogen-bond donors (Lipinski definition) is 0. The van der Waals surface area contributed by atoms with E-state index in [9.17, 15) is 9.18 Å². The molecule has 0 radical (unpaired) electrons. The van der Waals surface area contributed by atoms with E-state index in [4.69, 9.17) is 0 Å². The Morgan fingerprint density at radius 1 is 1.10 bits per heavy atom. The number of carbonyl (C=O) groups is 1. The summed E-state index contributed by atoms with van der Waals surface area (Å²) < 4.78 is 15.5. The average molecular weight is 420 g/mol. The zero-order valence-electron chi connectivity index (χ0n) is 17.5. The fraction of sp³-hybridized carbons (Fsp3) is 0.391. The number of imidazole rings is 1. The summed E-state index contributed by atoms with van der Waals surface area (Å²) in [7, 11) is 0. The molecule has 8 heteroatoms. The summed E-state index contributed by atoms with van der Waals surface area (Å²) in [6.07, 6.45) is 10.0. The van der Waals surface area contributed by atoms with Gasteiger partial charge in [-0.05, 0) is 56.4 Å².